The molecule has 2 N–H and O–H groups in total. The first-order chi connectivity index (χ1) is 15.4. The van der Waals surface area contributed by atoms with Gasteiger partial charge in [-0.3, -0.25) is 19.0 Å². The SMILES string of the molecule is CN(C)C(=O)c1cccc(CSc2nc3ccccc3c(=O)n2CCCCCC(N)=O)c1. The zero-order valence-electron chi connectivity index (χ0n) is 18.4. The number of fused-ring (bicyclic) bond motifs is 1. The first-order valence-electron chi connectivity index (χ1n) is 10.6. The van der Waals surface area contributed by atoms with Crippen LogP contribution >= 0.6 is 11.8 Å². The van der Waals surface area contributed by atoms with Crippen molar-refractivity contribution in [3.8, 4) is 0 Å². The van der Waals surface area contributed by atoms with Gasteiger partial charge in [-0.1, -0.05) is 42.4 Å². The lowest BCUT2D eigenvalue weighted by molar-refractivity contribution is -0.118. The molecule has 3 aromatic rings. The van der Waals surface area contributed by atoms with Crippen molar-refractivity contribution >= 4 is 34.5 Å². The second-order valence-electron chi connectivity index (χ2n) is 7.83. The fourth-order valence-corrected chi connectivity index (χ4v) is 4.37. The van der Waals surface area contributed by atoms with E-state index < -0.39 is 0 Å². The van der Waals surface area contributed by atoms with E-state index in [2.05, 4.69) is 0 Å². The van der Waals surface area contributed by atoms with Crippen LogP contribution in [0.5, 0.6) is 0 Å². The van der Waals surface area contributed by atoms with Gasteiger partial charge in [-0.05, 0) is 42.7 Å². The van der Waals surface area contributed by atoms with Gasteiger partial charge in [-0.25, -0.2) is 4.98 Å². The molecule has 0 aliphatic heterocycles. The van der Waals surface area contributed by atoms with Crippen LogP contribution in [-0.2, 0) is 17.1 Å². The van der Waals surface area contributed by atoms with Gasteiger partial charge in [-0.15, -0.1) is 0 Å². The molecule has 0 fully saturated rings. The number of hydrogen-bond acceptors (Lipinski definition) is 5. The summed E-state index contributed by atoms with van der Waals surface area (Å²) in [7, 11) is 3.45. The number of nitrogens with zero attached hydrogens (tertiary/aromatic N) is 3. The maximum Gasteiger partial charge on any atom is 0.262 e. The summed E-state index contributed by atoms with van der Waals surface area (Å²) in [6.07, 6.45) is 2.63. The fourth-order valence-electron chi connectivity index (χ4n) is 3.40. The normalized spacial score (nSPS) is 10.9. The van der Waals surface area contributed by atoms with E-state index in [1.807, 2.05) is 36.4 Å². The van der Waals surface area contributed by atoms with Crippen LogP contribution in [0.15, 0.2) is 58.5 Å². The number of benzene rings is 2. The van der Waals surface area contributed by atoms with Crippen molar-refractivity contribution in [3.05, 3.63) is 70.0 Å². The minimum atomic E-state index is -0.305. The predicted octanol–water partition coefficient (Wildman–Crippen LogP) is 3.44. The van der Waals surface area contributed by atoms with Gasteiger partial charge in [0.15, 0.2) is 5.16 Å². The summed E-state index contributed by atoms with van der Waals surface area (Å²) in [5, 5.41) is 1.24. The standard InChI is InChI=1S/C24H28N4O3S/c1-27(2)22(30)18-10-8-9-17(15-18)16-32-24-26-20-12-6-5-11-19(20)23(31)28(24)14-7-3-4-13-21(25)29/h5-6,8-12,15H,3-4,7,13-14,16H2,1-2H3,(H2,25,29). The van der Waals surface area contributed by atoms with E-state index >= 15 is 0 Å². The molecule has 0 unspecified atom stereocenters. The van der Waals surface area contributed by atoms with Crippen LogP contribution in [-0.4, -0.2) is 40.4 Å². The summed E-state index contributed by atoms with van der Waals surface area (Å²) in [4.78, 5) is 42.6. The number of nitrogens with two attached hydrogens (primary N) is 1. The van der Waals surface area contributed by atoms with Gasteiger partial charge in [0.2, 0.25) is 5.91 Å². The third-order valence-electron chi connectivity index (χ3n) is 5.08. The number of para-hydroxylation sites is 1. The molecule has 0 saturated carbocycles. The highest BCUT2D eigenvalue weighted by atomic mass is 32.2. The van der Waals surface area contributed by atoms with Crippen molar-refractivity contribution in [2.45, 2.75) is 43.1 Å². The van der Waals surface area contributed by atoms with Gasteiger partial charge in [0.1, 0.15) is 0 Å². The van der Waals surface area contributed by atoms with Gasteiger partial charge in [0.05, 0.1) is 10.9 Å². The van der Waals surface area contributed by atoms with Gasteiger partial charge in [0, 0.05) is 38.4 Å². The molecule has 0 saturated heterocycles. The molecule has 8 heteroatoms. The van der Waals surface area contributed by atoms with Crippen LogP contribution in [0.2, 0.25) is 0 Å². The van der Waals surface area contributed by atoms with Crippen LogP contribution in [0.25, 0.3) is 10.9 Å². The van der Waals surface area contributed by atoms with E-state index in [1.54, 1.807) is 35.7 Å². The van der Waals surface area contributed by atoms with Crippen LogP contribution in [0.3, 0.4) is 0 Å². The Kier molecular flexibility index (Phi) is 8.05. The third kappa shape index (κ3) is 5.97. The molecule has 1 aromatic heterocycles. The summed E-state index contributed by atoms with van der Waals surface area (Å²) in [5.41, 5.74) is 7.42. The molecule has 0 aliphatic rings. The van der Waals surface area contributed by atoms with Gasteiger partial charge in [-0.2, -0.15) is 0 Å². The number of unbranched alkanes of at least 4 members (excludes halogenated alkanes) is 2. The van der Waals surface area contributed by atoms with E-state index in [0.717, 1.165) is 18.4 Å². The number of hydrogen-bond donors (Lipinski definition) is 1. The molecule has 2 aromatic carbocycles. The Morgan fingerprint density at radius 2 is 1.84 bits per heavy atom. The molecule has 0 bridgehead atoms. The molecular formula is C24H28N4O3S. The van der Waals surface area contributed by atoms with Crippen molar-refractivity contribution in [1.82, 2.24) is 14.5 Å². The Balaban J connectivity index is 1.81. The minimum absolute atomic E-state index is 0.0476. The zero-order valence-corrected chi connectivity index (χ0v) is 19.2. The lowest BCUT2D eigenvalue weighted by atomic mass is 10.1. The van der Waals surface area contributed by atoms with Crippen LogP contribution in [0.4, 0.5) is 0 Å². The highest BCUT2D eigenvalue weighted by Gasteiger charge is 2.13. The smallest absolute Gasteiger partial charge is 0.262 e. The second kappa shape index (κ2) is 10.9. The van der Waals surface area contributed by atoms with Gasteiger partial charge < -0.3 is 10.6 Å². The summed E-state index contributed by atoms with van der Waals surface area (Å²) >= 11 is 1.48. The summed E-state index contributed by atoms with van der Waals surface area (Å²) in [5.74, 6) is 0.232. The maximum absolute atomic E-state index is 13.1. The number of carbonyl (C=O) groups excluding carboxylic acids is 2. The Hall–Kier alpha value is -3.13. The molecule has 2 amide bonds. The number of rotatable bonds is 10. The van der Waals surface area contributed by atoms with Crippen LogP contribution < -0.4 is 11.3 Å². The lowest BCUT2D eigenvalue weighted by Crippen LogP contribution is -2.23. The first-order valence-corrected chi connectivity index (χ1v) is 11.6. The highest BCUT2D eigenvalue weighted by Crippen LogP contribution is 2.23. The maximum atomic E-state index is 13.1. The van der Waals surface area contributed by atoms with E-state index in [9.17, 15) is 14.4 Å². The topological polar surface area (TPSA) is 98.3 Å². The first kappa shape index (κ1) is 23.5. The molecule has 1 heterocycles. The largest absolute Gasteiger partial charge is 0.370 e. The fraction of sp³-hybridized carbons (Fsp3) is 0.333. The third-order valence-corrected chi connectivity index (χ3v) is 6.13. The molecule has 32 heavy (non-hydrogen) atoms. The van der Waals surface area contributed by atoms with Crippen molar-refractivity contribution in [2.75, 3.05) is 14.1 Å². The number of thioether (sulfide) groups is 1. The minimum Gasteiger partial charge on any atom is -0.370 e. The highest BCUT2D eigenvalue weighted by molar-refractivity contribution is 7.98. The Labute approximate surface area is 191 Å². The van der Waals surface area contributed by atoms with E-state index in [-0.39, 0.29) is 17.4 Å². The number of carbonyl (C=O) groups is 2. The predicted molar refractivity (Wildman–Crippen MR) is 128 cm³/mol. The quantitative estimate of drug-likeness (QED) is 0.289. The monoisotopic (exact) mass is 452 g/mol. The number of amides is 2. The van der Waals surface area contributed by atoms with E-state index in [0.29, 0.717) is 46.8 Å². The molecule has 0 aliphatic carbocycles. The number of aromatic nitrogens is 2. The van der Waals surface area contributed by atoms with Crippen LogP contribution in [0.1, 0.15) is 41.6 Å². The van der Waals surface area contributed by atoms with E-state index in [4.69, 9.17) is 10.7 Å². The molecule has 0 spiro atoms. The van der Waals surface area contributed by atoms with Gasteiger partial charge in [0.25, 0.3) is 11.5 Å². The van der Waals surface area contributed by atoms with E-state index in [1.165, 1.54) is 11.8 Å². The average Bonchev–Trinajstić information content (AvgIpc) is 2.78. The second-order valence-corrected chi connectivity index (χ2v) is 8.78. The average molecular weight is 453 g/mol. The number of primary amides is 1. The van der Waals surface area contributed by atoms with Crippen molar-refractivity contribution in [3.63, 3.8) is 0 Å². The molecule has 0 atom stereocenters. The molecule has 168 valence electrons. The molecule has 3 rings (SSSR count). The van der Waals surface area contributed by atoms with Crippen LogP contribution in [0, 0.1) is 0 Å². The molecular weight excluding hydrogens is 424 g/mol. The summed E-state index contributed by atoms with van der Waals surface area (Å²) < 4.78 is 1.71. The van der Waals surface area contributed by atoms with Crippen molar-refractivity contribution in [2.24, 2.45) is 5.73 Å². The van der Waals surface area contributed by atoms with Crippen molar-refractivity contribution in [1.29, 1.82) is 0 Å². The Morgan fingerprint density at radius 1 is 1.06 bits per heavy atom. The van der Waals surface area contributed by atoms with Gasteiger partial charge >= 0.3 is 0 Å². The summed E-state index contributed by atoms with van der Waals surface area (Å²) in [6, 6.07) is 14.8. The Morgan fingerprint density at radius 3 is 2.59 bits per heavy atom. The van der Waals surface area contributed by atoms with Crippen molar-refractivity contribution < 1.29 is 9.59 Å². The Bertz CT molecular complexity index is 1170. The summed E-state index contributed by atoms with van der Waals surface area (Å²) in [6.45, 7) is 0.525. The zero-order chi connectivity index (χ0) is 23.1. The molecule has 7 nitrogen and oxygen atoms in total. The lowest BCUT2D eigenvalue weighted by Gasteiger charge is -2.14. The molecule has 0 radical (unpaired) electrons.